The molecule has 2 saturated carbocycles. The highest BCUT2D eigenvalue weighted by Gasteiger charge is 2.62. The Morgan fingerprint density at radius 2 is 1.90 bits per heavy atom. The summed E-state index contributed by atoms with van der Waals surface area (Å²) in [4.78, 5) is 68.1. The van der Waals surface area contributed by atoms with E-state index in [9.17, 15) is 32.4 Å². The van der Waals surface area contributed by atoms with Gasteiger partial charge in [0.1, 0.15) is 23.7 Å². The van der Waals surface area contributed by atoms with Crippen LogP contribution in [-0.2, 0) is 40.4 Å². The minimum atomic E-state index is -3.90. The molecule has 1 aromatic rings. The molecule has 48 heavy (non-hydrogen) atoms. The molecule has 2 aliphatic heterocycles. The summed E-state index contributed by atoms with van der Waals surface area (Å²) in [5.74, 6) is -3.15. The topological polar surface area (TPSA) is 189 Å². The third-order valence-electron chi connectivity index (χ3n) is 9.10. The molecular formula is C33H43N5O9S. The number of alkyl carbamates (subject to hydrolysis) is 2. The number of benzene rings is 1. The number of nitrogens with one attached hydrogen (secondary N) is 4. The molecule has 4 aliphatic rings. The van der Waals surface area contributed by atoms with Crippen molar-refractivity contribution in [1.82, 2.24) is 25.6 Å². The fourth-order valence-corrected chi connectivity index (χ4v) is 7.41. The van der Waals surface area contributed by atoms with Crippen molar-refractivity contribution in [2.24, 2.45) is 11.8 Å². The predicted molar refractivity (Wildman–Crippen MR) is 174 cm³/mol. The van der Waals surface area contributed by atoms with Crippen molar-refractivity contribution >= 4 is 46.0 Å². The molecule has 14 nitrogen and oxygen atoms in total. The zero-order valence-corrected chi connectivity index (χ0v) is 27.9. The summed E-state index contributed by atoms with van der Waals surface area (Å²) in [6.07, 6.45) is 4.97. The van der Waals surface area contributed by atoms with Gasteiger partial charge < -0.3 is 30.3 Å². The van der Waals surface area contributed by atoms with Crippen LogP contribution in [-0.4, -0.2) is 85.4 Å². The number of carbonyl (C=O) groups is 5. The van der Waals surface area contributed by atoms with Gasteiger partial charge in [0.05, 0.1) is 18.4 Å². The largest absolute Gasteiger partial charge is 0.450 e. The number of carbonyl (C=O) groups excluding carboxylic acids is 5. The monoisotopic (exact) mass is 685 g/mol. The number of fused-ring (bicyclic) bond motifs is 3. The number of cyclic esters (lactones) is 1. The summed E-state index contributed by atoms with van der Waals surface area (Å²) in [5.41, 5.74) is 0.162. The van der Waals surface area contributed by atoms with E-state index in [-0.39, 0.29) is 32.5 Å². The van der Waals surface area contributed by atoms with Crippen LogP contribution in [0.5, 0.6) is 0 Å². The third kappa shape index (κ3) is 8.00. The molecular weight excluding hydrogens is 642 g/mol. The average molecular weight is 686 g/mol. The van der Waals surface area contributed by atoms with Crippen molar-refractivity contribution in [3.05, 3.63) is 54.1 Å². The third-order valence-corrected chi connectivity index (χ3v) is 10.9. The van der Waals surface area contributed by atoms with Crippen molar-refractivity contribution in [2.75, 3.05) is 13.2 Å². The van der Waals surface area contributed by atoms with E-state index < -0.39 is 80.7 Å². The van der Waals surface area contributed by atoms with E-state index in [1.54, 1.807) is 13.8 Å². The van der Waals surface area contributed by atoms with Gasteiger partial charge in [0.25, 0.3) is 5.91 Å². The van der Waals surface area contributed by atoms with E-state index in [4.69, 9.17) is 9.47 Å². The highest BCUT2D eigenvalue weighted by atomic mass is 32.2. The van der Waals surface area contributed by atoms with Crippen LogP contribution in [0.4, 0.5) is 9.59 Å². The van der Waals surface area contributed by atoms with Gasteiger partial charge in [-0.05, 0) is 49.1 Å². The molecule has 1 saturated heterocycles. The van der Waals surface area contributed by atoms with E-state index in [1.807, 2.05) is 36.4 Å². The summed E-state index contributed by atoms with van der Waals surface area (Å²) in [5, 5.41) is 7.40. The van der Waals surface area contributed by atoms with Crippen LogP contribution in [0.2, 0.25) is 0 Å². The van der Waals surface area contributed by atoms with E-state index in [0.717, 1.165) is 11.1 Å². The standard InChI is InChI=1S/C33H43N5O9S/c1-4-23-17-33(23,30(41)37-48(44,45)25-13-14-25)36-28(39)26-16-24-19-38(26)29(40)27(20(2)3)35-32(43)46-15-9-5-6-10-21-11-7-8-12-22(21)18-34-31(42)47-24/h4,6-8,10-12,20,23-27H,1,5,9,13-19H2,2-3H3,(H,34,42)(H,35,43)(H,36,39)(H,37,41)/t23-,24-,26+,27+,33-/m1/s1. The molecule has 2 aliphatic carbocycles. The molecule has 0 spiro atoms. The van der Waals surface area contributed by atoms with Crippen molar-refractivity contribution in [3.63, 3.8) is 0 Å². The number of sulfonamides is 1. The number of hydrogen-bond donors (Lipinski definition) is 4. The number of allylic oxidation sites excluding steroid dienone is 1. The SMILES string of the molecule is C=C[C@@H]1C[C@]1(NC(=O)[C@@H]1C[C@@H]2CN1C(=O)[C@H](C(C)C)NC(=O)OCCCC=Cc1ccccc1CNC(=O)O2)C(=O)NS(=O)(=O)C1CC1. The maximum Gasteiger partial charge on any atom is 0.407 e. The zero-order valence-electron chi connectivity index (χ0n) is 27.1. The Morgan fingerprint density at radius 1 is 1.15 bits per heavy atom. The molecule has 2 heterocycles. The van der Waals surface area contributed by atoms with E-state index in [1.165, 1.54) is 11.0 Å². The van der Waals surface area contributed by atoms with Crippen molar-refractivity contribution in [2.45, 2.75) is 87.9 Å². The second-order valence-electron chi connectivity index (χ2n) is 13.1. The van der Waals surface area contributed by atoms with Gasteiger partial charge >= 0.3 is 12.2 Å². The van der Waals surface area contributed by atoms with Crippen molar-refractivity contribution in [3.8, 4) is 0 Å². The average Bonchev–Trinajstić information content (AvgIpc) is 3.97. The normalized spacial score (nSPS) is 28.3. The van der Waals surface area contributed by atoms with Crippen molar-refractivity contribution in [1.29, 1.82) is 0 Å². The Labute approximate surface area is 280 Å². The summed E-state index contributed by atoms with van der Waals surface area (Å²) in [7, 11) is -3.90. The second kappa shape index (κ2) is 14.4. The maximum absolute atomic E-state index is 14.0. The van der Waals surface area contributed by atoms with Gasteiger partial charge in [-0.1, -0.05) is 56.3 Å². The van der Waals surface area contributed by atoms with Gasteiger partial charge in [-0.3, -0.25) is 19.1 Å². The molecule has 4 N–H and O–H groups in total. The predicted octanol–water partition coefficient (Wildman–Crippen LogP) is 2.11. The second-order valence-corrected chi connectivity index (χ2v) is 15.0. The van der Waals surface area contributed by atoms with Gasteiger partial charge in [-0.25, -0.2) is 18.0 Å². The summed E-state index contributed by atoms with van der Waals surface area (Å²) < 4.78 is 38.2. The Morgan fingerprint density at radius 3 is 2.58 bits per heavy atom. The van der Waals surface area contributed by atoms with E-state index >= 15 is 0 Å². The molecule has 5 amide bonds. The lowest BCUT2D eigenvalue weighted by Gasteiger charge is -2.31. The van der Waals surface area contributed by atoms with Crippen molar-refractivity contribution < 1.29 is 41.9 Å². The van der Waals surface area contributed by atoms with Crippen LogP contribution >= 0.6 is 0 Å². The Balaban J connectivity index is 1.38. The van der Waals surface area contributed by atoms with Gasteiger partial charge in [0.2, 0.25) is 21.8 Å². The molecule has 3 fully saturated rings. The lowest BCUT2D eigenvalue weighted by molar-refractivity contribution is -0.141. The number of amides is 5. The van der Waals surface area contributed by atoms with Gasteiger partial charge in [0.15, 0.2) is 0 Å². The highest BCUT2D eigenvalue weighted by Crippen LogP contribution is 2.45. The lowest BCUT2D eigenvalue weighted by Crippen LogP contribution is -2.59. The molecule has 0 aromatic heterocycles. The lowest BCUT2D eigenvalue weighted by atomic mass is 10.0. The Kier molecular flexibility index (Phi) is 10.5. The number of nitrogens with zero attached hydrogens (tertiary/aromatic N) is 1. The van der Waals surface area contributed by atoms with Gasteiger partial charge in [0, 0.05) is 18.9 Å². The first kappa shape index (κ1) is 34.9. The first-order valence-electron chi connectivity index (χ1n) is 16.3. The smallest absolute Gasteiger partial charge is 0.407 e. The number of rotatable bonds is 7. The molecule has 5 rings (SSSR count). The summed E-state index contributed by atoms with van der Waals surface area (Å²) >= 11 is 0. The van der Waals surface area contributed by atoms with Crippen LogP contribution in [0, 0.1) is 11.8 Å². The maximum atomic E-state index is 14.0. The highest BCUT2D eigenvalue weighted by molar-refractivity contribution is 7.91. The number of hydrogen-bond acceptors (Lipinski definition) is 9. The Hall–Kier alpha value is -4.40. The minimum Gasteiger partial charge on any atom is -0.450 e. The minimum absolute atomic E-state index is 0.101. The molecule has 2 bridgehead atoms. The molecule has 260 valence electrons. The molecule has 5 atom stereocenters. The fraction of sp³-hybridized carbons (Fsp3) is 0.545. The fourth-order valence-electron chi connectivity index (χ4n) is 6.05. The number of ether oxygens (including phenoxy) is 2. The van der Waals surface area contributed by atoms with Crippen LogP contribution in [0.3, 0.4) is 0 Å². The first-order chi connectivity index (χ1) is 22.8. The van der Waals surface area contributed by atoms with Crippen LogP contribution in [0.1, 0.15) is 63.5 Å². The van der Waals surface area contributed by atoms with Crippen LogP contribution < -0.4 is 20.7 Å². The van der Waals surface area contributed by atoms with Crippen LogP contribution in [0.15, 0.2) is 43.0 Å². The van der Waals surface area contributed by atoms with Crippen LogP contribution in [0.25, 0.3) is 6.08 Å². The molecule has 15 heteroatoms. The quantitative estimate of drug-likeness (QED) is 0.312. The van der Waals surface area contributed by atoms with Gasteiger partial charge in [-0.15, -0.1) is 6.58 Å². The Bertz CT molecular complexity index is 1590. The zero-order chi connectivity index (χ0) is 34.6. The first-order valence-corrected chi connectivity index (χ1v) is 17.8. The van der Waals surface area contributed by atoms with E-state index in [0.29, 0.717) is 25.7 Å². The molecule has 1 aromatic carbocycles. The molecule has 0 radical (unpaired) electrons. The van der Waals surface area contributed by atoms with E-state index in [2.05, 4.69) is 27.3 Å². The molecule has 0 unspecified atom stereocenters. The summed E-state index contributed by atoms with van der Waals surface area (Å²) in [6.45, 7) is 7.29. The van der Waals surface area contributed by atoms with Gasteiger partial charge in [-0.2, -0.15) is 0 Å². The summed E-state index contributed by atoms with van der Waals surface area (Å²) in [6, 6.07) is 5.22.